The lowest BCUT2D eigenvalue weighted by Crippen LogP contribution is -2.34. The number of rotatable bonds is 7. The molecule has 32 heavy (non-hydrogen) atoms. The van der Waals surface area contributed by atoms with Crippen LogP contribution in [0.15, 0.2) is 56.6 Å². The quantitative estimate of drug-likeness (QED) is 0.342. The van der Waals surface area contributed by atoms with Crippen molar-refractivity contribution in [1.29, 1.82) is 0 Å². The molecule has 0 radical (unpaired) electrons. The number of aryl methyl sites for hydroxylation is 2. The summed E-state index contributed by atoms with van der Waals surface area (Å²) in [5, 5.41) is 7.28. The number of fused-ring (bicyclic) bond motifs is 2. The van der Waals surface area contributed by atoms with Crippen molar-refractivity contribution in [2.75, 3.05) is 13.1 Å². The van der Waals surface area contributed by atoms with Crippen LogP contribution in [0.5, 0.6) is 0 Å². The number of hydrogen-bond acceptors (Lipinski definition) is 6. The largest absolute Gasteiger partial charge is 0.464 e. The molecule has 2 amide bonds. The summed E-state index contributed by atoms with van der Waals surface area (Å²) in [6.45, 7) is 4.40. The van der Waals surface area contributed by atoms with Gasteiger partial charge in [-0.05, 0) is 49.6 Å². The molecule has 3 heterocycles. The van der Waals surface area contributed by atoms with E-state index >= 15 is 0 Å². The fraction of sp³-hybridized carbons (Fsp3) is 0.250. The average molecular weight is 433 g/mol. The first kappa shape index (κ1) is 21.3. The number of aromatic nitrogens is 1. The third kappa shape index (κ3) is 4.39. The minimum absolute atomic E-state index is 0.141. The van der Waals surface area contributed by atoms with Crippen LogP contribution >= 0.6 is 0 Å². The van der Waals surface area contributed by atoms with Crippen LogP contribution in [0.25, 0.3) is 21.9 Å². The van der Waals surface area contributed by atoms with Crippen molar-refractivity contribution in [3.63, 3.8) is 0 Å². The number of nitrogens with one attached hydrogen (secondary N) is 2. The Bertz CT molecular complexity index is 1360. The van der Waals surface area contributed by atoms with Gasteiger partial charge in [-0.2, -0.15) is 0 Å². The van der Waals surface area contributed by atoms with Crippen LogP contribution < -0.4 is 16.3 Å². The summed E-state index contributed by atoms with van der Waals surface area (Å²) >= 11 is 0. The first-order chi connectivity index (χ1) is 15.4. The Morgan fingerprint density at radius 3 is 2.53 bits per heavy atom. The zero-order valence-electron chi connectivity index (χ0n) is 17.9. The smallest absolute Gasteiger partial charge is 0.339 e. The second kappa shape index (κ2) is 9.05. The van der Waals surface area contributed by atoms with Gasteiger partial charge in [0.15, 0.2) is 0 Å². The molecule has 0 fully saturated rings. The van der Waals surface area contributed by atoms with Crippen LogP contribution in [0.4, 0.5) is 0 Å². The lowest BCUT2D eigenvalue weighted by molar-refractivity contribution is -0.121. The van der Waals surface area contributed by atoms with Gasteiger partial charge in [0.25, 0.3) is 5.91 Å². The summed E-state index contributed by atoms with van der Waals surface area (Å²) in [6.07, 6.45) is 5.16. The Morgan fingerprint density at radius 1 is 1.00 bits per heavy atom. The molecular formula is C24H23N3O5. The number of nitrogens with zero attached hydrogens (tertiary/aromatic N) is 1. The van der Waals surface area contributed by atoms with E-state index in [0.717, 1.165) is 21.9 Å². The second-order valence-corrected chi connectivity index (χ2v) is 7.60. The van der Waals surface area contributed by atoms with Crippen LogP contribution in [0.1, 0.15) is 33.5 Å². The molecule has 0 saturated heterocycles. The molecule has 8 heteroatoms. The van der Waals surface area contributed by atoms with Crippen LogP contribution in [-0.2, 0) is 11.2 Å². The molecule has 0 aliphatic heterocycles. The Balaban J connectivity index is 1.35. The topological polar surface area (TPSA) is 114 Å². The molecule has 0 aliphatic rings. The van der Waals surface area contributed by atoms with Crippen LogP contribution in [0.2, 0.25) is 0 Å². The first-order valence-electron chi connectivity index (χ1n) is 10.3. The van der Waals surface area contributed by atoms with Crippen molar-refractivity contribution in [2.45, 2.75) is 26.7 Å². The maximum absolute atomic E-state index is 12.5. The Kier molecular flexibility index (Phi) is 6.02. The number of furan rings is 1. The van der Waals surface area contributed by atoms with Gasteiger partial charge in [0.05, 0.1) is 6.26 Å². The molecule has 2 N–H and O–H groups in total. The normalized spacial score (nSPS) is 11.1. The minimum Gasteiger partial charge on any atom is -0.464 e. The molecule has 0 spiro atoms. The van der Waals surface area contributed by atoms with Gasteiger partial charge in [0, 0.05) is 59.9 Å². The molecular weight excluding hydrogens is 410 g/mol. The number of amides is 2. The molecule has 164 valence electrons. The van der Waals surface area contributed by atoms with E-state index in [4.69, 9.17) is 8.83 Å². The van der Waals surface area contributed by atoms with E-state index in [9.17, 15) is 14.4 Å². The number of benzene rings is 1. The first-order valence-corrected chi connectivity index (χ1v) is 10.3. The average Bonchev–Trinajstić information content (AvgIpc) is 3.15. The zero-order chi connectivity index (χ0) is 22.7. The molecule has 1 aromatic carbocycles. The minimum atomic E-state index is -0.449. The molecule has 4 aromatic rings. The summed E-state index contributed by atoms with van der Waals surface area (Å²) in [4.78, 5) is 40.6. The van der Waals surface area contributed by atoms with E-state index in [1.165, 1.54) is 0 Å². The summed E-state index contributed by atoms with van der Waals surface area (Å²) in [5.74, 6) is -0.434. The molecule has 0 aliphatic carbocycles. The molecule has 0 atom stereocenters. The fourth-order valence-electron chi connectivity index (χ4n) is 3.64. The molecule has 4 rings (SSSR count). The van der Waals surface area contributed by atoms with Gasteiger partial charge in [-0.3, -0.25) is 14.6 Å². The van der Waals surface area contributed by atoms with E-state index in [1.807, 2.05) is 19.9 Å². The highest BCUT2D eigenvalue weighted by atomic mass is 16.4. The summed E-state index contributed by atoms with van der Waals surface area (Å²) in [6, 6.07) is 6.91. The Labute approximate surface area is 183 Å². The van der Waals surface area contributed by atoms with Gasteiger partial charge >= 0.3 is 5.63 Å². The van der Waals surface area contributed by atoms with Crippen LogP contribution in [-0.4, -0.2) is 29.9 Å². The van der Waals surface area contributed by atoms with Crippen molar-refractivity contribution in [2.24, 2.45) is 0 Å². The van der Waals surface area contributed by atoms with Crippen molar-refractivity contribution in [1.82, 2.24) is 15.6 Å². The number of hydrogen-bond donors (Lipinski definition) is 2. The maximum Gasteiger partial charge on any atom is 0.339 e. The molecule has 3 aromatic heterocycles. The third-order valence-corrected chi connectivity index (χ3v) is 5.45. The number of carbonyl (C=O) groups is 2. The maximum atomic E-state index is 12.5. The van der Waals surface area contributed by atoms with E-state index < -0.39 is 5.63 Å². The predicted octanol–water partition coefficient (Wildman–Crippen LogP) is 3.03. The predicted molar refractivity (Wildman–Crippen MR) is 120 cm³/mol. The molecule has 0 unspecified atom stereocenters. The second-order valence-electron chi connectivity index (χ2n) is 7.60. The lowest BCUT2D eigenvalue weighted by atomic mass is 10.0. The van der Waals surface area contributed by atoms with Crippen molar-refractivity contribution in [3.05, 3.63) is 75.6 Å². The van der Waals surface area contributed by atoms with Gasteiger partial charge in [-0.25, -0.2) is 4.79 Å². The van der Waals surface area contributed by atoms with Gasteiger partial charge < -0.3 is 19.5 Å². The van der Waals surface area contributed by atoms with Gasteiger partial charge in [0.2, 0.25) is 5.91 Å². The Hall–Kier alpha value is -3.94. The van der Waals surface area contributed by atoms with Crippen molar-refractivity contribution >= 4 is 33.8 Å². The van der Waals surface area contributed by atoms with Gasteiger partial charge in [-0.1, -0.05) is 0 Å². The third-order valence-electron chi connectivity index (χ3n) is 5.45. The Morgan fingerprint density at radius 2 is 1.75 bits per heavy atom. The summed E-state index contributed by atoms with van der Waals surface area (Å²) in [7, 11) is 0. The molecule has 0 saturated carbocycles. The lowest BCUT2D eigenvalue weighted by Gasteiger charge is -2.09. The SMILES string of the molecule is Cc1coc2cc3oc(=O)c(CCC(=O)NCCNC(=O)c4ccncc4)c(C)c3cc12. The van der Waals surface area contributed by atoms with E-state index in [0.29, 0.717) is 35.4 Å². The van der Waals surface area contributed by atoms with Crippen molar-refractivity contribution < 1.29 is 18.4 Å². The molecule has 8 nitrogen and oxygen atoms in total. The monoisotopic (exact) mass is 433 g/mol. The summed E-state index contributed by atoms with van der Waals surface area (Å²) in [5.41, 5.74) is 3.48. The van der Waals surface area contributed by atoms with E-state index in [2.05, 4.69) is 15.6 Å². The van der Waals surface area contributed by atoms with Crippen LogP contribution in [0.3, 0.4) is 0 Å². The molecule has 0 bridgehead atoms. The van der Waals surface area contributed by atoms with E-state index in [1.54, 1.807) is 36.9 Å². The van der Waals surface area contributed by atoms with E-state index in [-0.39, 0.29) is 24.7 Å². The highest BCUT2D eigenvalue weighted by molar-refractivity contribution is 5.96. The highest BCUT2D eigenvalue weighted by Crippen LogP contribution is 2.28. The highest BCUT2D eigenvalue weighted by Gasteiger charge is 2.15. The van der Waals surface area contributed by atoms with Crippen molar-refractivity contribution in [3.8, 4) is 0 Å². The summed E-state index contributed by atoms with van der Waals surface area (Å²) < 4.78 is 11.0. The van der Waals surface area contributed by atoms with Crippen LogP contribution in [0, 0.1) is 13.8 Å². The number of pyridine rings is 1. The fourth-order valence-corrected chi connectivity index (χ4v) is 3.64. The zero-order valence-corrected chi connectivity index (χ0v) is 17.9. The van der Waals surface area contributed by atoms with Gasteiger partial charge in [-0.15, -0.1) is 0 Å². The number of carbonyl (C=O) groups excluding carboxylic acids is 2. The van der Waals surface area contributed by atoms with Gasteiger partial charge in [0.1, 0.15) is 11.2 Å². The standard InChI is InChI=1S/C24H23N3O5/c1-14-13-31-20-12-21-19(11-18(14)20)15(2)17(24(30)32-21)3-4-22(28)26-9-10-27-23(29)16-5-7-25-8-6-16/h5-8,11-13H,3-4,9-10H2,1-2H3,(H,26,28)(H,27,29).